The highest BCUT2D eigenvalue weighted by Gasteiger charge is 2.22. The summed E-state index contributed by atoms with van der Waals surface area (Å²) in [4.78, 5) is 15.4. The monoisotopic (exact) mass is 823 g/mol. The fourth-order valence-electron chi connectivity index (χ4n) is 9.18. The number of fused-ring (bicyclic) bond motifs is 9. The summed E-state index contributed by atoms with van der Waals surface area (Å²) in [7, 11) is 0. The SMILES string of the molecule is c1ccc(-c2cccc(-c3nc(-c4ccccc4)nc(-c4cccc5oc6ccc(-c7ccc(-c8ccc9c(c8)sc8ccccc89)c8oc9ccccc9c78)cc6c45)n3)c2)cc1. The fraction of sp³-hybridized carbons (Fsp3) is 0. The number of benzene rings is 9. The number of nitrogens with zero attached hydrogens (tertiary/aromatic N) is 3. The average Bonchev–Trinajstić information content (AvgIpc) is 4.05. The molecule has 0 aliphatic heterocycles. The zero-order valence-electron chi connectivity index (χ0n) is 33.6. The Kier molecular flexibility index (Phi) is 8.01. The van der Waals surface area contributed by atoms with Crippen molar-refractivity contribution in [2.75, 3.05) is 0 Å². The van der Waals surface area contributed by atoms with E-state index in [2.05, 4.69) is 146 Å². The lowest BCUT2D eigenvalue weighted by Crippen LogP contribution is -2.00. The van der Waals surface area contributed by atoms with Crippen LogP contribution in [-0.2, 0) is 0 Å². The summed E-state index contributed by atoms with van der Waals surface area (Å²) in [6, 6.07) is 69.7. The highest BCUT2D eigenvalue weighted by molar-refractivity contribution is 7.25. The van der Waals surface area contributed by atoms with Crippen LogP contribution in [0.2, 0.25) is 0 Å². The van der Waals surface area contributed by atoms with Crippen molar-refractivity contribution in [1.82, 2.24) is 15.0 Å². The second-order valence-electron chi connectivity index (χ2n) is 15.9. The third-order valence-electron chi connectivity index (χ3n) is 12.2. The molecule has 6 heteroatoms. The van der Waals surface area contributed by atoms with Crippen molar-refractivity contribution in [3.05, 3.63) is 200 Å². The summed E-state index contributed by atoms with van der Waals surface area (Å²) in [6.45, 7) is 0. The Morgan fingerprint density at radius 2 is 0.921 bits per heavy atom. The van der Waals surface area contributed by atoms with Crippen molar-refractivity contribution in [2.24, 2.45) is 0 Å². The molecule has 0 radical (unpaired) electrons. The first-order chi connectivity index (χ1) is 31.2. The molecule has 294 valence electrons. The van der Waals surface area contributed by atoms with E-state index >= 15 is 0 Å². The fourth-order valence-corrected chi connectivity index (χ4v) is 10.3. The second kappa shape index (κ2) is 14.2. The van der Waals surface area contributed by atoms with Crippen LogP contribution in [0.15, 0.2) is 209 Å². The van der Waals surface area contributed by atoms with Crippen LogP contribution in [0.3, 0.4) is 0 Å². The molecule has 0 N–H and O–H groups in total. The van der Waals surface area contributed by atoms with Crippen molar-refractivity contribution in [3.8, 4) is 67.5 Å². The van der Waals surface area contributed by atoms with Crippen molar-refractivity contribution in [2.45, 2.75) is 0 Å². The molecular weight excluding hydrogens is 791 g/mol. The highest BCUT2D eigenvalue weighted by atomic mass is 32.1. The number of para-hydroxylation sites is 1. The summed E-state index contributed by atoms with van der Waals surface area (Å²) in [5.74, 6) is 1.78. The van der Waals surface area contributed by atoms with Gasteiger partial charge in [0.25, 0.3) is 0 Å². The number of hydrogen-bond acceptors (Lipinski definition) is 6. The van der Waals surface area contributed by atoms with E-state index in [0.29, 0.717) is 17.5 Å². The Morgan fingerprint density at radius 1 is 0.302 bits per heavy atom. The lowest BCUT2D eigenvalue weighted by atomic mass is 9.93. The summed E-state index contributed by atoms with van der Waals surface area (Å²) in [5, 5.41) is 6.66. The standard InChI is InChI=1S/C57H33N3O2S/c1-3-13-34(14-4-1)36-17-11-18-39(31-36)56-58-55(35-15-5-2-6-16-35)59-57(60-56)45-21-12-23-49-52(45)46-32-37(26-30-48(46)61-49)40-28-29-41(54-53(40)44-20-7-9-22-47(44)62-54)38-25-27-43-42-19-8-10-24-50(42)63-51(43)33-38/h1-33H. The molecule has 0 fully saturated rings. The zero-order chi connectivity index (χ0) is 41.4. The molecule has 0 unspecified atom stereocenters. The van der Waals surface area contributed by atoms with Gasteiger partial charge in [0.05, 0.1) is 0 Å². The third-order valence-corrected chi connectivity index (χ3v) is 13.3. The Labute approximate surface area is 365 Å². The Bertz CT molecular complexity index is 3920. The Balaban J connectivity index is 0.990. The molecule has 0 bridgehead atoms. The maximum absolute atomic E-state index is 6.78. The largest absolute Gasteiger partial charge is 0.456 e. The van der Waals surface area contributed by atoms with Crippen LogP contribution < -0.4 is 0 Å². The van der Waals surface area contributed by atoms with Crippen LogP contribution in [0.25, 0.3) is 132 Å². The van der Waals surface area contributed by atoms with E-state index in [1.54, 1.807) is 0 Å². The van der Waals surface area contributed by atoms with Gasteiger partial charge in [-0.05, 0) is 76.3 Å². The maximum Gasteiger partial charge on any atom is 0.164 e. The smallest absolute Gasteiger partial charge is 0.164 e. The summed E-state index contributed by atoms with van der Waals surface area (Å²) < 4.78 is 15.9. The summed E-state index contributed by atoms with van der Waals surface area (Å²) in [6.07, 6.45) is 0. The number of furan rings is 2. The molecule has 0 amide bonds. The van der Waals surface area contributed by atoms with Crippen LogP contribution in [0.4, 0.5) is 0 Å². The van der Waals surface area contributed by atoms with Crippen LogP contribution in [-0.4, -0.2) is 15.0 Å². The van der Waals surface area contributed by atoms with E-state index in [4.69, 9.17) is 23.8 Å². The first-order valence-corrected chi connectivity index (χ1v) is 21.8. The van der Waals surface area contributed by atoms with Crippen molar-refractivity contribution >= 4 is 75.4 Å². The van der Waals surface area contributed by atoms with Crippen molar-refractivity contribution in [3.63, 3.8) is 0 Å². The molecular formula is C57H33N3O2S. The van der Waals surface area contributed by atoms with Gasteiger partial charge in [0.15, 0.2) is 17.5 Å². The van der Waals surface area contributed by atoms with E-state index in [1.165, 1.54) is 20.2 Å². The number of rotatable bonds is 6. The van der Waals surface area contributed by atoms with Crippen LogP contribution in [0.5, 0.6) is 0 Å². The van der Waals surface area contributed by atoms with Gasteiger partial charge in [0, 0.05) is 64.0 Å². The summed E-state index contributed by atoms with van der Waals surface area (Å²) in [5.41, 5.74) is 12.5. The molecule has 0 spiro atoms. The van der Waals surface area contributed by atoms with Crippen LogP contribution >= 0.6 is 11.3 Å². The maximum atomic E-state index is 6.78. The molecule has 13 rings (SSSR count). The molecule has 0 saturated heterocycles. The van der Waals surface area contributed by atoms with Gasteiger partial charge in [-0.15, -0.1) is 11.3 Å². The van der Waals surface area contributed by atoms with Gasteiger partial charge < -0.3 is 8.83 Å². The third kappa shape index (κ3) is 5.87. The number of aromatic nitrogens is 3. The first kappa shape index (κ1) is 35.6. The van der Waals surface area contributed by atoms with Gasteiger partial charge in [-0.2, -0.15) is 0 Å². The minimum atomic E-state index is 0.575. The molecule has 4 heterocycles. The zero-order valence-corrected chi connectivity index (χ0v) is 34.4. The number of hydrogen-bond donors (Lipinski definition) is 0. The van der Waals surface area contributed by atoms with Crippen molar-refractivity contribution in [1.29, 1.82) is 0 Å². The van der Waals surface area contributed by atoms with Gasteiger partial charge in [0.1, 0.15) is 22.3 Å². The molecule has 4 aromatic heterocycles. The van der Waals surface area contributed by atoms with Gasteiger partial charge in [-0.3, -0.25) is 0 Å². The Morgan fingerprint density at radius 3 is 1.79 bits per heavy atom. The molecule has 63 heavy (non-hydrogen) atoms. The highest BCUT2D eigenvalue weighted by Crippen LogP contribution is 2.45. The minimum Gasteiger partial charge on any atom is -0.456 e. The molecule has 0 aliphatic rings. The predicted octanol–water partition coefficient (Wildman–Crippen LogP) is 16.0. The predicted molar refractivity (Wildman–Crippen MR) is 260 cm³/mol. The van der Waals surface area contributed by atoms with E-state index in [9.17, 15) is 0 Å². The van der Waals surface area contributed by atoms with Crippen LogP contribution in [0.1, 0.15) is 0 Å². The molecule has 0 atom stereocenters. The normalized spacial score (nSPS) is 11.8. The molecule has 9 aromatic carbocycles. The number of thiophene rings is 1. The van der Waals surface area contributed by atoms with E-state index < -0.39 is 0 Å². The van der Waals surface area contributed by atoms with Gasteiger partial charge >= 0.3 is 0 Å². The van der Waals surface area contributed by atoms with E-state index in [-0.39, 0.29) is 0 Å². The molecule has 13 aromatic rings. The second-order valence-corrected chi connectivity index (χ2v) is 17.0. The average molecular weight is 824 g/mol. The van der Waals surface area contributed by atoms with Gasteiger partial charge in [-0.25, -0.2) is 15.0 Å². The van der Waals surface area contributed by atoms with E-state index in [0.717, 1.165) is 93.9 Å². The summed E-state index contributed by atoms with van der Waals surface area (Å²) >= 11 is 1.83. The molecule has 5 nitrogen and oxygen atoms in total. The van der Waals surface area contributed by atoms with Gasteiger partial charge in [-0.1, -0.05) is 152 Å². The topological polar surface area (TPSA) is 65.0 Å². The Hall–Kier alpha value is -8.19. The quantitative estimate of drug-likeness (QED) is 0.167. The molecule has 0 saturated carbocycles. The minimum absolute atomic E-state index is 0.575. The van der Waals surface area contributed by atoms with Crippen molar-refractivity contribution < 1.29 is 8.83 Å². The van der Waals surface area contributed by atoms with Crippen LogP contribution in [0, 0.1) is 0 Å². The van der Waals surface area contributed by atoms with Gasteiger partial charge in [0.2, 0.25) is 0 Å². The lowest BCUT2D eigenvalue weighted by Gasteiger charge is -2.11. The molecule has 0 aliphatic carbocycles. The lowest BCUT2D eigenvalue weighted by molar-refractivity contribution is 0.669. The van der Waals surface area contributed by atoms with E-state index in [1.807, 2.05) is 65.9 Å². The first-order valence-electron chi connectivity index (χ1n) is 21.0.